The first-order valence-corrected chi connectivity index (χ1v) is 4.72. The Kier molecular flexibility index (Phi) is 3.95. The Labute approximate surface area is 91.3 Å². The van der Waals surface area contributed by atoms with Crippen LogP contribution in [-0.2, 0) is 4.79 Å². The number of aliphatic hydroxyl groups excluding tert-OH is 1. The summed E-state index contributed by atoms with van der Waals surface area (Å²) in [5.41, 5.74) is 0.566. The highest BCUT2D eigenvalue weighted by Gasteiger charge is 2.44. The zero-order valence-electron chi connectivity index (χ0n) is 8.65. The Morgan fingerprint density at radius 2 is 1.94 bits per heavy atom. The van der Waals surface area contributed by atoms with E-state index in [1.54, 1.807) is 0 Å². The molecular weight excluding hydrogens is 218 g/mol. The maximum absolute atomic E-state index is 12.8. The summed E-state index contributed by atoms with van der Waals surface area (Å²) in [7, 11) is 1.00. The van der Waals surface area contributed by atoms with Crippen LogP contribution in [0.5, 0.6) is 0 Å². The third-order valence-corrected chi connectivity index (χ3v) is 2.48. The number of carboxylic acid groups (broad SMARTS) is 1. The first-order chi connectivity index (χ1) is 7.59. The molecule has 5 heteroatoms. The van der Waals surface area contributed by atoms with Gasteiger partial charge in [-0.2, -0.15) is 0 Å². The van der Waals surface area contributed by atoms with E-state index in [0.29, 0.717) is 12.0 Å². The second-order valence-electron chi connectivity index (χ2n) is 3.46. The van der Waals surface area contributed by atoms with Gasteiger partial charge in [0.1, 0.15) is 0 Å². The molecule has 0 heterocycles. The van der Waals surface area contributed by atoms with Crippen molar-refractivity contribution in [3.05, 3.63) is 35.4 Å². The van der Waals surface area contributed by atoms with Crippen LogP contribution < -0.4 is 0 Å². The highest BCUT2D eigenvalue weighted by atomic mass is 19.2. The van der Waals surface area contributed by atoms with Gasteiger partial charge in [0.25, 0.3) is 0 Å². The summed E-state index contributed by atoms with van der Waals surface area (Å²) in [5.74, 6) is -3.28. The van der Waals surface area contributed by atoms with Gasteiger partial charge in [0, 0.05) is 7.11 Å². The van der Waals surface area contributed by atoms with Crippen LogP contribution in [0.4, 0.5) is 8.78 Å². The lowest BCUT2D eigenvalue weighted by molar-refractivity contribution is -0.138. The lowest BCUT2D eigenvalue weighted by Gasteiger charge is -1.99. The van der Waals surface area contributed by atoms with E-state index < -0.39 is 23.5 Å². The van der Waals surface area contributed by atoms with Crippen LogP contribution in [0.3, 0.4) is 0 Å². The summed E-state index contributed by atoms with van der Waals surface area (Å²) in [4.78, 5) is 10.5. The van der Waals surface area contributed by atoms with Crippen molar-refractivity contribution in [1.29, 1.82) is 0 Å². The normalized spacial score (nSPS) is 22.0. The van der Waals surface area contributed by atoms with Gasteiger partial charge in [-0.3, -0.25) is 4.79 Å². The molecule has 1 saturated carbocycles. The fourth-order valence-electron chi connectivity index (χ4n) is 1.58. The maximum Gasteiger partial charge on any atom is 0.307 e. The monoisotopic (exact) mass is 230 g/mol. The molecule has 0 bridgehead atoms. The minimum Gasteiger partial charge on any atom is -0.481 e. The van der Waals surface area contributed by atoms with Gasteiger partial charge in [-0.25, -0.2) is 8.78 Å². The van der Waals surface area contributed by atoms with E-state index in [2.05, 4.69) is 0 Å². The average Bonchev–Trinajstić information content (AvgIpc) is 3.05. The van der Waals surface area contributed by atoms with Gasteiger partial charge in [0.05, 0.1) is 5.92 Å². The molecule has 0 saturated heterocycles. The lowest BCUT2D eigenvalue weighted by Crippen LogP contribution is -1.99. The Morgan fingerprint density at radius 3 is 2.38 bits per heavy atom. The van der Waals surface area contributed by atoms with E-state index in [1.807, 2.05) is 0 Å². The minimum absolute atomic E-state index is 0.150. The third-order valence-electron chi connectivity index (χ3n) is 2.48. The third kappa shape index (κ3) is 2.55. The summed E-state index contributed by atoms with van der Waals surface area (Å²) < 4.78 is 25.3. The quantitative estimate of drug-likeness (QED) is 0.813. The van der Waals surface area contributed by atoms with Crippen molar-refractivity contribution < 1.29 is 23.8 Å². The molecule has 0 radical (unpaired) electrons. The standard InChI is InChI=1S/C10H8F2O2.CH4O/c11-8-2-1-5(3-9(8)12)6-4-7(6)10(13)14;1-2/h1-3,6-7H,4H2,(H,13,14);2H,1H3/t6-,7+;/m0./s1. The molecule has 2 N–H and O–H groups in total. The van der Waals surface area contributed by atoms with Crippen molar-refractivity contribution in [2.24, 2.45) is 5.92 Å². The van der Waals surface area contributed by atoms with Crippen molar-refractivity contribution in [1.82, 2.24) is 0 Å². The lowest BCUT2D eigenvalue weighted by atomic mass is 10.1. The van der Waals surface area contributed by atoms with Crippen LogP contribution in [0.25, 0.3) is 0 Å². The van der Waals surface area contributed by atoms with Crippen molar-refractivity contribution in [3.63, 3.8) is 0 Å². The second-order valence-corrected chi connectivity index (χ2v) is 3.46. The van der Waals surface area contributed by atoms with E-state index in [4.69, 9.17) is 10.2 Å². The van der Waals surface area contributed by atoms with Gasteiger partial charge in [0.2, 0.25) is 0 Å². The first-order valence-electron chi connectivity index (χ1n) is 4.72. The van der Waals surface area contributed by atoms with E-state index >= 15 is 0 Å². The summed E-state index contributed by atoms with van der Waals surface area (Å²) in [6.07, 6.45) is 0.514. The molecule has 0 unspecified atom stereocenters. The molecular formula is C11H12F2O3. The molecule has 1 aliphatic rings. The zero-order chi connectivity index (χ0) is 12.3. The van der Waals surface area contributed by atoms with Gasteiger partial charge in [-0.15, -0.1) is 0 Å². The fourth-order valence-corrected chi connectivity index (χ4v) is 1.58. The van der Waals surface area contributed by atoms with Gasteiger partial charge in [0.15, 0.2) is 11.6 Å². The van der Waals surface area contributed by atoms with E-state index in [9.17, 15) is 13.6 Å². The van der Waals surface area contributed by atoms with Crippen molar-refractivity contribution in [3.8, 4) is 0 Å². The zero-order valence-corrected chi connectivity index (χ0v) is 8.65. The topological polar surface area (TPSA) is 57.5 Å². The largest absolute Gasteiger partial charge is 0.481 e. The predicted octanol–water partition coefficient (Wildman–Crippen LogP) is 1.76. The molecule has 0 aliphatic heterocycles. The van der Waals surface area contributed by atoms with Gasteiger partial charge < -0.3 is 10.2 Å². The Hall–Kier alpha value is -1.49. The van der Waals surface area contributed by atoms with Crippen LogP contribution in [0.15, 0.2) is 18.2 Å². The molecule has 0 aromatic heterocycles. The van der Waals surface area contributed by atoms with E-state index in [1.165, 1.54) is 6.07 Å². The number of rotatable bonds is 2. The van der Waals surface area contributed by atoms with Gasteiger partial charge >= 0.3 is 5.97 Å². The predicted molar refractivity (Wildman–Crippen MR) is 53.0 cm³/mol. The summed E-state index contributed by atoms with van der Waals surface area (Å²) in [6, 6.07) is 3.54. The van der Waals surface area contributed by atoms with Crippen molar-refractivity contribution >= 4 is 5.97 Å². The van der Waals surface area contributed by atoms with Crippen molar-refractivity contribution in [2.45, 2.75) is 12.3 Å². The molecule has 2 rings (SSSR count). The number of carboxylic acids is 1. The van der Waals surface area contributed by atoms with E-state index in [0.717, 1.165) is 19.2 Å². The Balaban J connectivity index is 0.000000606. The number of hydrogen-bond acceptors (Lipinski definition) is 2. The molecule has 1 fully saturated rings. The molecule has 3 nitrogen and oxygen atoms in total. The average molecular weight is 230 g/mol. The highest BCUT2D eigenvalue weighted by Crippen LogP contribution is 2.47. The molecule has 0 spiro atoms. The molecule has 1 aromatic carbocycles. The Morgan fingerprint density at radius 1 is 1.31 bits per heavy atom. The number of carbonyl (C=O) groups is 1. The van der Waals surface area contributed by atoms with Gasteiger partial charge in [-0.05, 0) is 30.0 Å². The molecule has 88 valence electrons. The summed E-state index contributed by atoms with van der Waals surface area (Å²) >= 11 is 0. The second kappa shape index (κ2) is 5.03. The van der Waals surface area contributed by atoms with Gasteiger partial charge in [-0.1, -0.05) is 6.07 Å². The minimum atomic E-state index is -0.918. The highest BCUT2D eigenvalue weighted by molar-refractivity contribution is 5.75. The number of halogens is 2. The van der Waals surface area contributed by atoms with Crippen LogP contribution in [-0.4, -0.2) is 23.3 Å². The van der Waals surface area contributed by atoms with Crippen LogP contribution >= 0.6 is 0 Å². The fraction of sp³-hybridized carbons (Fsp3) is 0.364. The molecule has 16 heavy (non-hydrogen) atoms. The number of hydrogen-bond donors (Lipinski definition) is 2. The molecule has 1 aliphatic carbocycles. The van der Waals surface area contributed by atoms with Crippen molar-refractivity contribution in [2.75, 3.05) is 7.11 Å². The summed E-state index contributed by atoms with van der Waals surface area (Å²) in [5, 5.41) is 15.6. The van der Waals surface area contributed by atoms with Crippen LogP contribution in [0.1, 0.15) is 17.9 Å². The van der Waals surface area contributed by atoms with Crippen LogP contribution in [0.2, 0.25) is 0 Å². The van der Waals surface area contributed by atoms with E-state index in [-0.39, 0.29) is 5.92 Å². The SMILES string of the molecule is CO.O=C(O)[C@@H]1C[C@H]1c1ccc(F)c(F)c1. The number of benzene rings is 1. The molecule has 0 amide bonds. The maximum atomic E-state index is 12.8. The number of aliphatic carboxylic acids is 1. The Bertz CT molecular complexity index is 393. The molecule has 1 aromatic rings. The van der Waals surface area contributed by atoms with Crippen LogP contribution in [0, 0.1) is 17.6 Å². The smallest absolute Gasteiger partial charge is 0.307 e. The first kappa shape index (κ1) is 12.6. The molecule has 2 atom stereocenters. The summed E-state index contributed by atoms with van der Waals surface area (Å²) in [6.45, 7) is 0. The number of aliphatic hydroxyl groups is 1.